The van der Waals surface area contributed by atoms with Gasteiger partial charge in [-0.05, 0) is 56.6 Å². The quantitative estimate of drug-likeness (QED) is 0.527. The molecule has 0 aromatic carbocycles. The predicted octanol–water partition coefficient (Wildman–Crippen LogP) is 3.84. The lowest BCUT2D eigenvalue weighted by Gasteiger charge is -2.70. The normalized spacial score (nSPS) is 31.1. The van der Waals surface area contributed by atoms with Gasteiger partial charge in [0.15, 0.2) is 0 Å². The molecule has 0 N–H and O–H groups in total. The fourth-order valence-electron chi connectivity index (χ4n) is 6.66. The van der Waals surface area contributed by atoms with Gasteiger partial charge in [-0.2, -0.15) is 18.3 Å². The first kappa shape index (κ1) is 23.1. The van der Waals surface area contributed by atoms with E-state index < -0.39 is 17.0 Å². The molecular weight excluding hydrogens is 487 g/mol. The molecule has 37 heavy (non-hydrogen) atoms. The molecule has 0 unspecified atom stereocenters. The van der Waals surface area contributed by atoms with Crippen molar-refractivity contribution < 1.29 is 17.9 Å². The van der Waals surface area contributed by atoms with Crippen LogP contribution in [0.3, 0.4) is 0 Å². The third kappa shape index (κ3) is 3.35. The molecule has 3 aromatic rings. The minimum atomic E-state index is -4.24. The second-order valence-corrected chi connectivity index (χ2v) is 11.4. The van der Waals surface area contributed by atoms with Crippen LogP contribution in [0.1, 0.15) is 80.1 Å². The van der Waals surface area contributed by atoms with E-state index in [0.717, 1.165) is 18.4 Å². The van der Waals surface area contributed by atoms with Gasteiger partial charge in [-0.25, -0.2) is 14.6 Å². The maximum atomic E-state index is 13.6. The van der Waals surface area contributed by atoms with Gasteiger partial charge in [0.05, 0.1) is 23.4 Å². The molecule has 8 nitrogen and oxygen atoms in total. The molecule has 5 fully saturated rings. The minimum absolute atomic E-state index is 0.0105. The van der Waals surface area contributed by atoms with Gasteiger partial charge < -0.3 is 9.30 Å². The Labute approximate surface area is 209 Å². The Morgan fingerprint density at radius 3 is 2.54 bits per heavy atom. The lowest BCUT2D eigenvalue weighted by molar-refractivity contribution is -0.337. The van der Waals surface area contributed by atoms with Crippen molar-refractivity contribution in [1.82, 2.24) is 24.3 Å². The van der Waals surface area contributed by atoms with Crippen LogP contribution in [-0.2, 0) is 17.2 Å². The standard InChI is InChI=1S/C26H26F3N5O3/c1-33-23(36)20-17(9-30-33)21(24-11-25(12-24,13-24)26(27,28)29)32-22(31-20)14-6-7-37-18(8-14)15-2-5-19(35)34(10-15)16-3-4-16/h2,5,9-10,14,16,18H,3-4,6-8,11-13H2,1H3/t14-,18+,24?,25?/m0/s1. The third-order valence-corrected chi connectivity index (χ3v) is 8.88. The van der Waals surface area contributed by atoms with Crippen LogP contribution in [0.15, 0.2) is 34.1 Å². The van der Waals surface area contributed by atoms with E-state index in [4.69, 9.17) is 9.72 Å². The Morgan fingerprint density at radius 1 is 1.08 bits per heavy atom. The molecule has 1 aliphatic heterocycles. The number of alkyl halides is 3. The Morgan fingerprint density at radius 2 is 1.84 bits per heavy atom. The highest BCUT2D eigenvalue weighted by Gasteiger charge is 2.79. The first-order valence-electron chi connectivity index (χ1n) is 12.7. The fourth-order valence-corrected chi connectivity index (χ4v) is 6.66. The molecule has 2 bridgehead atoms. The van der Waals surface area contributed by atoms with Crippen LogP contribution < -0.4 is 11.1 Å². The molecule has 4 heterocycles. The third-order valence-electron chi connectivity index (χ3n) is 8.88. The zero-order valence-electron chi connectivity index (χ0n) is 20.3. The van der Waals surface area contributed by atoms with E-state index in [1.165, 1.54) is 17.9 Å². The highest BCUT2D eigenvalue weighted by Crippen LogP contribution is 2.78. The Hall–Kier alpha value is -3.08. The van der Waals surface area contributed by atoms with Crippen LogP contribution in [0.5, 0.6) is 0 Å². The Bertz CT molecular complexity index is 1540. The van der Waals surface area contributed by atoms with Crippen LogP contribution in [0, 0.1) is 5.41 Å². The Kier molecular flexibility index (Phi) is 4.67. The summed E-state index contributed by atoms with van der Waals surface area (Å²) in [5.41, 5.74) is -1.11. The smallest absolute Gasteiger partial charge is 0.373 e. The summed E-state index contributed by atoms with van der Waals surface area (Å²) in [6, 6.07) is 3.61. The predicted molar refractivity (Wildman–Crippen MR) is 126 cm³/mol. The number of fused-ring (bicyclic) bond motifs is 1. The van der Waals surface area contributed by atoms with Crippen molar-refractivity contribution in [3.63, 3.8) is 0 Å². The molecule has 3 aromatic heterocycles. The molecular formula is C26H26F3N5O3. The number of ether oxygens (including phenoxy) is 1. The summed E-state index contributed by atoms with van der Waals surface area (Å²) in [6.07, 6.45) is 2.02. The van der Waals surface area contributed by atoms with E-state index in [0.29, 0.717) is 36.4 Å². The number of hydrogen-bond donors (Lipinski definition) is 0. The number of aromatic nitrogens is 5. The van der Waals surface area contributed by atoms with Crippen LogP contribution in [0.4, 0.5) is 13.2 Å². The minimum Gasteiger partial charge on any atom is -0.373 e. The highest BCUT2D eigenvalue weighted by molar-refractivity contribution is 5.81. The molecule has 4 aliphatic carbocycles. The van der Waals surface area contributed by atoms with E-state index in [2.05, 4.69) is 10.1 Å². The van der Waals surface area contributed by atoms with Gasteiger partial charge >= 0.3 is 6.18 Å². The van der Waals surface area contributed by atoms with Gasteiger partial charge in [-0.1, -0.05) is 0 Å². The highest BCUT2D eigenvalue weighted by atomic mass is 19.4. The summed E-state index contributed by atoms with van der Waals surface area (Å²) in [7, 11) is 1.53. The summed E-state index contributed by atoms with van der Waals surface area (Å²) in [5.74, 6) is 0.338. The molecule has 194 valence electrons. The zero-order valence-corrected chi connectivity index (χ0v) is 20.3. The van der Waals surface area contributed by atoms with Gasteiger partial charge in [0.1, 0.15) is 11.3 Å². The Balaban J connectivity index is 1.26. The summed E-state index contributed by atoms with van der Waals surface area (Å²) >= 11 is 0. The molecule has 8 rings (SSSR count). The van der Waals surface area contributed by atoms with Crippen molar-refractivity contribution in [2.24, 2.45) is 12.5 Å². The molecule has 0 spiro atoms. The number of rotatable bonds is 4. The van der Waals surface area contributed by atoms with Crippen molar-refractivity contribution in [2.75, 3.05) is 6.61 Å². The fraction of sp³-hybridized carbons (Fsp3) is 0.577. The lowest BCUT2D eigenvalue weighted by Crippen LogP contribution is -2.70. The van der Waals surface area contributed by atoms with Gasteiger partial charge in [0, 0.05) is 48.7 Å². The van der Waals surface area contributed by atoms with Gasteiger partial charge in [-0.15, -0.1) is 0 Å². The van der Waals surface area contributed by atoms with Crippen molar-refractivity contribution in [2.45, 2.75) is 74.6 Å². The second kappa shape index (κ2) is 7.49. The molecule has 11 heteroatoms. The molecule has 1 saturated heterocycles. The van der Waals surface area contributed by atoms with E-state index in [9.17, 15) is 22.8 Å². The van der Waals surface area contributed by atoms with Crippen molar-refractivity contribution in [3.05, 3.63) is 62.3 Å². The van der Waals surface area contributed by atoms with Crippen molar-refractivity contribution >= 4 is 10.9 Å². The summed E-state index contributed by atoms with van der Waals surface area (Å²) in [6.45, 7) is 0.450. The van der Waals surface area contributed by atoms with E-state index in [-0.39, 0.29) is 54.0 Å². The largest absolute Gasteiger partial charge is 0.394 e. The van der Waals surface area contributed by atoms with Crippen molar-refractivity contribution in [1.29, 1.82) is 0 Å². The monoisotopic (exact) mass is 513 g/mol. The van der Waals surface area contributed by atoms with Crippen molar-refractivity contribution in [3.8, 4) is 0 Å². The molecule has 5 aliphatic rings. The number of aryl methyl sites for hydroxylation is 1. The molecule has 4 saturated carbocycles. The summed E-state index contributed by atoms with van der Waals surface area (Å²) in [5, 5.41) is 4.55. The van der Waals surface area contributed by atoms with Crippen LogP contribution in [-0.4, -0.2) is 37.1 Å². The van der Waals surface area contributed by atoms with E-state index >= 15 is 0 Å². The molecule has 2 atom stereocenters. The summed E-state index contributed by atoms with van der Waals surface area (Å²) < 4.78 is 49.8. The van der Waals surface area contributed by atoms with Crippen LogP contribution in [0.25, 0.3) is 10.9 Å². The van der Waals surface area contributed by atoms with Gasteiger partial charge in [-0.3, -0.25) is 9.59 Å². The summed E-state index contributed by atoms with van der Waals surface area (Å²) in [4.78, 5) is 34.8. The lowest BCUT2D eigenvalue weighted by atomic mass is 9.33. The number of nitrogens with zero attached hydrogens (tertiary/aromatic N) is 5. The second-order valence-electron chi connectivity index (χ2n) is 11.4. The maximum Gasteiger partial charge on any atom is 0.394 e. The van der Waals surface area contributed by atoms with E-state index in [1.807, 2.05) is 6.20 Å². The average molecular weight is 514 g/mol. The first-order valence-corrected chi connectivity index (χ1v) is 12.7. The average Bonchev–Trinajstić information content (AvgIpc) is 3.64. The zero-order chi connectivity index (χ0) is 25.7. The first-order chi connectivity index (χ1) is 17.6. The van der Waals surface area contributed by atoms with Gasteiger partial charge in [0.25, 0.3) is 11.1 Å². The molecule has 0 radical (unpaired) electrons. The number of hydrogen-bond acceptors (Lipinski definition) is 6. The van der Waals surface area contributed by atoms with Gasteiger partial charge in [0.2, 0.25) is 0 Å². The van der Waals surface area contributed by atoms with Crippen LogP contribution >= 0.6 is 0 Å². The topological polar surface area (TPSA) is 91.9 Å². The number of pyridine rings is 1. The van der Waals surface area contributed by atoms with E-state index in [1.54, 1.807) is 16.7 Å². The maximum absolute atomic E-state index is 13.6. The number of halogens is 3. The SMILES string of the molecule is Cn1ncc2c(C34CC(C(F)(F)F)(C3)C4)nc([C@H]3CCO[C@@H](c4ccc(=O)n(C5CC5)c4)C3)nc2c1=O. The molecule has 0 amide bonds. The van der Waals surface area contributed by atoms with Crippen LogP contribution in [0.2, 0.25) is 0 Å².